The van der Waals surface area contributed by atoms with Crippen molar-refractivity contribution in [3.63, 3.8) is 0 Å². The van der Waals surface area contributed by atoms with Crippen molar-refractivity contribution in [3.05, 3.63) is 28.8 Å². The van der Waals surface area contributed by atoms with Crippen molar-refractivity contribution in [3.8, 4) is 0 Å². The van der Waals surface area contributed by atoms with Gasteiger partial charge in [-0.05, 0) is 6.07 Å². The Labute approximate surface area is 95.2 Å². The number of aliphatic hydroxyl groups excluding tert-OH is 1. The number of benzene rings is 1. The molecule has 0 atom stereocenters. The monoisotopic (exact) mass is 229 g/mol. The lowest BCUT2D eigenvalue weighted by Crippen LogP contribution is -2.23. The van der Waals surface area contributed by atoms with Crippen LogP contribution in [0.25, 0.3) is 0 Å². The van der Waals surface area contributed by atoms with E-state index in [4.69, 9.17) is 16.3 Å². The molecule has 0 radical (unpaired) electrons. The number of ether oxygens (including phenoxy) is 1. The summed E-state index contributed by atoms with van der Waals surface area (Å²) in [5.74, 6) is 0. The van der Waals surface area contributed by atoms with E-state index in [1.54, 1.807) is 7.11 Å². The summed E-state index contributed by atoms with van der Waals surface area (Å²) < 4.78 is 5.00. The number of methoxy groups -OCH3 is 1. The van der Waals surface area contributed by atoms with Gasteiger partial charge in [-0.3, -0.25) is 0 Å². The van der Waals surface area contributed by atoms with Crippen molar-refractivity contribution >= 4 is 17.3 Å². The maximum Gasteiger partial charge on any atom is 0.0702 e. The molecule has 0 amide bonds. The van der Waals surface area contributed by atoms with Crippen molar-refractivity contribution in [2.75, 3.05) is 32.2 Å². The van der Waals surface area contributed by atoms with Crippen LogP contribution in [0.5, 0.6) is 0 Å². The Morgan fingerprint density at radius 1 is 1.47 bits per heavy atom. The topological polar surface area (TPSA) is 32.7 Å². The fraction of sp³-hybridized carbons (Fsp3) is 0.455. The molecule has 0 aliphatic carbocycles. The van der Waals surface area contributed by atoms with Gasteiger partial charge < -0.3 is 14.7 Å². The molecule has 0 aliphatic rings. The number of aliphatic hydroxyl groups is 1. The molecule has 0 heterocycles. The van der Waals surface area contributed by atoms with Gasteiger partial charge in [0.05, 0.1) is 23.9 Å². The minimum atomic E-state index is -0.00673. The maximum atomic E-state index is 9.20. The summed E-state index contributed by atoms with van der Waals surface area (Å²) in [5.41, 5.74) is 1.71. The average Bonchev–Trinajstić information content (AvgIpc) is 2.25. The third-order valence-corrected chi connectivity index (χ3v) is 2.56. The second-order valence-corrected chi connectivity index (χ2v) is 3.73. The molecule has 1 aromatic carbocycles. The Bertz CT molecular complexity index is 317. The van der Waals surface area contributed by atoms with Crippen molar-refractivity contribution in [1.82, 2.24) is 0 Å². The Morgan fingerprint density at radius 2 is 2.20 bits per heavy atom. The van der Waals surface area contributed by atoms with Gasteiger partial charge in [-0.2, -0.15) is 0 Å². The summed E-state index contributed by atoms with van der Waals surface area (Å²) in [4.78, 5) is 1.98. The summed E-state index contributed by atoms with van der Waals surface area (Å²) in [6, 6.07) is 5.52. The number of hydrogen-bond acceptors (Lipinski definition) is 3. The number of likely N-dealkylation sites (N-methyl/N-ethyl adjacent to an activating group) is 1. The lowest BCUT2D eigenvalue weighted by molar-refractivity contribution is 0.206. The molecule has 4 heteroatoms. The van der Waals surface area contributed by atoms with E-state index in [9.17, 15) is 5.11 Å². The molecule has 84 valence electrons. The van der Waals surface area contributed by atoms with E-state index in [1.165, 1.54) is 0 Å². The first-order chi connectivity index (χ1) is 7.20. The predicted molar refractivity (Wildman–Crippen MR) is 62.5 cm³/mol. The maximum absolute atomic E-state index is 9.20. The molecule has 0 unspecified atom stereocenters. The zero-order chi connectivity index (χ0) is 11.3. The molecule has 0 aromatic heterocycles. The van der Waals surface area contributed by atoms with Gasteiger partial charge in [0.2, 0.25) is 0 Å². The van der Waals surface area contributed by atoms with Gasteiger partial charge in [0.25, 0.3) is 0 Å². The highest BCUT2D eigenvalue weighted by Crippen LogP contribution is 2.28. The molecule has 1 aromatic rings. The van der Waals surface area contributed by atoms with Crippen molar-refractivity contribution in [2.45, 2.75) is 6.61 Å². The minimum Gasteiger partial charge on any atom is -0.392 e. The Balaban J connectivity index is 2.90. The summed E-state index contributed by atoms with van der Waals surface area (Å²) in [5, 5.41) is 9.85. The number of anilines is 1. The van der Waals surface area contributed by atoms with Gasteiger partial charge in [0, 0.05) is 26.3 Å². The quantitative estimate of drug-likeness (QED) is 0.838. The molecular formula is C11H16ClNO2. The highest BCUT2D eigenvalue weighted by Gasteiger charge is 2.10. The second-order valence-electron chi connectivity index (χ2n) is 3.32. The second kappa shape index (κ2) is 5.95. The van der Waals surface area contributed by atoms with E-state index in [0.29, 0.717) is 11.6 Å². The van der Waals surface area contributed by atoms with Crippen molar-refractivity contribution in [2.24, 2.45) is 0 Å². The van der Waals surface area contributed by atoms with Crippen LogP contribution in [-0.2, 0) is 11.3 Å². The van der Waals surface area contributed by atoms with E-state index in [1.807, 2.05) is 30.1 Å². The zero-order valence-corrected chi connectivity index (χ0v) is 9.79. The van der Waals surface area contributed by atoms with Crippen LogP contribution in [0.4, 0.5) is 5.69 Å². The average molecular weight is 230 g/mol. The van der Waals surface area contributed by atoms with Gasteiger partial charge in [-0.25, -0.2) is 0 Å². The molecular weight excluding hydrogens is 214 g/mol. The first-order valence-electron chi connectivity index (χ1n) is 4.79. The largest absolute Gasteiger partial charge is 0.392 e. The molecule has 1 rings (SSSR count). The highest BCUT2D eigenvalue weighted by atomic mass is 35.5. The van der Waals surface area contributed by atoms with Crippen LogP contribution in [0.15, 0.2) is 18.2 Å². The Morgan fingerprint density at radius 3 is 2.80 bits per heavy atom. The van der Waals surface area contributed by atoms with Crippen LogP contribution in [-0.4, -0.2) is 32.4 Å². The molecule has 15 heavy (non-hydrogen) atoms. The highest BCUT2D eigenvalue weighted by molar-refractivity contribution is 6.33. The normalized spacial score (nSPS) is 10.4. The predicted octanol–water partition coefficient (Wildman–Crippen LogP) is 1.91. The number of rotatable bonds is 5. The summed E-state index contributed by atoms with van der Waals surface area (Å²) in [6.45, 7) is 1.37. The lowest BCUT2D eigenvalue weighted by atomic mass is 10.1. The Kier molecular flexibility index (Phi) is 4.88. The van der Waals surface area contributed by atoms with Crippen LogP contribution < -0.4 is 4.90 Å². The molecule has 0 saturated heterocycles. The van der Waals surface area contributed by atoms with Gasteiger partial charge in [-0.1, -0.05) is 23.7 Å². The van der Waals surface area contributed by atoms with Gasteiger partial charge in [-0.15, -0.1) is 0 Å². The summed E-state index contributed by atoms with van der Waals surface area (Å²) >= 11 is 6.09. The molecule has 0 fully saturated rings. The standard InChI is InChI=1S/C11H16ClNO2/c1-13(6-7-15-2)11-9(8-14)4-3-5-10(11)12/h3-5,14H,6-8H2,1-2H3. The van der Waals surface area contributed by atoms with Crippen LogP contribution in [0.1, 0.15) is 5.56 Å². The van der Waals surface area contributed by atoms with E-state index in [-0.39, 0.29) is 6.61 Å². The number of hydrogen-bond donors (Lipinski definition) is 1. The van der Waals surface area contributed by atoms with Crippen molar-refractivity contribution in [1.29, 1.82) is 0 Å². The fourth-order valence-corrected chi connectivity index (χ4v) is 1.79. The lowest BCUT2D eigenvalue weighted by Gasteiger charge is -2.22. The zero-order valence-electron chi connectivity index (χ0n) is 9.03. The third kappa shape index (κ3) is 3.09. The van der Waals surface area contributed by atoms with E-state index in [0.717, 1.165) is 17.8 Å². The van der Waals surface area contributed by atoms with Crippen LogP contribution in [0, 0.1) is 0 Å². The fourth-order valence-electron chi connectivity index (χ4n) is 1.46. The first-order valence-corrected chi connectivity index (χ1v) is 5.16. The third-order valence-electron chi connectivity index (χ3n) is 2.25. The summed E-state index contributed by atoms with van der Waals surface area (Å²) in [7, 11) is 3.59. The van der Waals surface area contributed by atoms with E-state index < -0.39 is 0 Å². The van der Waals surface area contributed by atoms with E-state index in [2.05, 4.69) is 0 Å². The number of halogens is 1. The minimum absolute atomic E-state index is 0.00673. The van der Waals surface area contributed by atoms with Crippen LogP contribution in [0.3, 0.4) is 0 Å². The van der Waals surface area contributed by atoms with E-state index >= 15 is 0 Å². The molecule has 1 N–H and O–H groups in total. The molecule has 0 bridgehead atoms. The summed E-state index contributed by atoms with van der Waals surface area (Å²) in [6.07, 6.45) is 0. The first kappa shape index (κ1) is 12.3. The SMILES string of the molecule is COCCN(C)c1c(Cl)cccc1CO. The molecule has 0 saturated carbocycles. The Hall–Kier alpha value is -0.770. The van der Waals surface area contributed by atoms with Gasteiger partial charge in [0.15, 0.2) is 0 Å². The number of nitrogens with zero attached hydrogens (tertiary/aromatic N) is 1. The van der Waals surface area contributed by atoms with Crippen molar-refractivity contribution < 1.29 is 9.84 Å². The number of para-hydroxylation sites is 1. The molecule has 0 spiro atoms. The van der Waals surface area contributed by atoms with Gasteiger partial charge in [0.1, 0.15) is 0 Å². The molecule has 0 aliphatic heterocycles. The van der Waals surface area contributed by atoms with Crippen LogP contribution >= 0.6 is 11.6 Å². The van der Waals surface area contributed by atoms with Crippen LogP contribution in [0.2, 0.25) is 5.02 Å². The smallest absolute Gasteiger partial charge is 0.0702 e. The van der Waals surface area contributed by atoms with Gasteiger partial charge >= 0.3 is 0 Å². The molecule has 3 nitrogen and oxygen atoms in total.